The molecule has 4 rings (SSSR count). The molecule has 3 aromatic rings. The van der Waals surface area contributed by atoms with Gasteiger partial charge in [0.15, 0.2) is 0 Å². The minimum atomic E-state index is -0.460. The molecule has 164 valence electrons. The number of ether oxygens (including phenoxy) is 2. The van der Waals surface area contributed by atoms with Crippen LogP contribution in [0.4, 0.5) is 11.4 Å². The van der Waals surface area contributed by atoms with Gasteiger partial charge in [0.2, 0.25) is 5.91 Å². The highest BCUT2D eigenvalue weighted by Gasteiger charge is 2.31. The number of esters is 1. The highest BCUT2D eigenvalue weighted by Crippen LogP contribution is 2.33. The predicted molar refractivity (Wildman–Crippen MR) is 122 cm³/mol. The van der Waals surface area contributed by atoms with Gasteiger partial charge in [-0.15, -0.1) is 0 Å². The molecule has 0 bridgehead atoms. The van der Waals surface area contributed by atoms with Crippen molar-refractivity contribution in [1.82, 2.24) is 4.98 Å². The first kappa shape index (κ1) is 21.6. The number of hydrogen-bond acceptors (Lipinski definition) is 6. The Morgan fingerprint density at radius 1 is 1.12 bits per heavy atom. The van der Waals surface area contributed by atoms with Gasteiger partial charge in [-0.25, -0.2) is 4.79 Å². The van der Waals surface area contributed by atoms with E-state index in [1.165, 1.54) is 7.11 Å². The summed E-state index contributed by atoms with van der Waals surface area (Å²) < 4.78 is 10.8. The summed E-state index contributed by atoms with van der Waals surface area (Å²) in [5.74, 6) is 0.152. The fraction of sp³-hybridized carbons (Fsp3) is 0.208. The number of carbonyl (C=O) groups excluding carboxylic acids is 2. The fourth-order valence-corrected chi connectivity index (χ4v) is 3.77. The number of halogens is 1. The Bertz CT molecular complexity index is 1100. The largest absolute Gasteiger partial charge is 0.487 e. The Morgan fingerprint density at radius 2 is 1.91 bits per heavy atom. The van der Waals surface area contributed by atoms with Gasteiger partial charge < -0.3 is 19.7 Å². The van der Waals surface area contributed by atoms with E-state index in [0.29, 0.717) is 35.1 Å². The van der Waals surface area contributed by atoms with Crippen LogP contribution in [-0.2, 0) is 16.0 Å². The van der Waals surface area contributed by atoms with Crippen LogP contribution in [0.2, 0.25) is 5.02 Å². The Hall–Kier alpha value is -3.58. The van der Waals surface area contributed by atoms with Gasteiger partial charge in [-0.2, -0.15) is 0 Å². The molecule has 8 heteroatoms. The van der Waals surface area contributed by atoms with Gasteiger partial charge in [-0.05, 0) is 48.0 Å². The van der Waals surface area contributed by atoms with Crippen molar-refractivity contribution < 1.29 is 19.1 Å². The van der Waals surface area contributed by atoms with Crippen molar-refractivity contribution in [3.63, 3.8) is 0 Å². The lowest BCUT2D eigenvalue weighted by Gasteiger charge is -2.41. The second kappa shape index (κ2) is 9.70. The number of rotatable bonds is 7. The van der Waals surface area contributed by atoms with Gasteiger partial charge >= 0.3 is 5.97 Å². The molecule has 1 aliphatic heterocycles. The van der Waals surface area contributed by atoms with E-state index in [0.717, 1.165) is 11.3 Å². The van der Waals surface area contributed by atoms with Crippen LogP contribution in [0.25, 0.3) is 0 Å². The van der Waals surface area contributed by atoms with E-state index in [-0.39, 0.29) is 18.4 Å². The Labute approximate surface area is 190 Å². The number of anilines is 2. The molecule has 0 atom stereocenters. The van der Waals surface area contributed by atoms with E-state index >= 15 is 0 Å². The number of pyridine rings is 1. The first-order chi connectivity index (χ1) is 15.5. The molecule has 1 amide bonds. The lowest BCUT2D eigenvalue weighted by Crippen LogP contribution is -2.54. The summed E-state index contributed by atoms with van der Waals surface area (Å²) in [5.41, 5.74) is 2.68. The Balaban J connectivity index is 1.28. The number of amides is 1. The maximum absolute atomic E-state index is 12.2. The van der Waals surface area contributed by atoms with E-state index in [1.807, 2.05) is 41.3 Å². The van der Waals surface area contributed by atoms with Crippen LogP contribution < -0.4 is 15.0 Å². The lowest BCUT2D eigenvalue weighted by atomic mass is 10.1. The third-order valence-electron chi connectivity index (χ3n) is 5.10. The number of aromatic nitrogens is 1. The van der Waals surface area contributed by atoms with Crippen molar-refractivity contribution in [2.24, 2.45) is 0 Å². The number of nitrogens with one attached hydrogen (secondary N) is 1. The predicted octanol–water partition coefficient (Wildman–Crippen LogP) is 3.97. The summed E-state index contributed by atoms with van der Waals surface area (Å²) in [4.78, 5) is 30.1. The number of benzene rings is 2. The molecule has 1 saturated heterocycles. The number of nitrogens with zero attached hydrogens (tertiary/aromatic N) is 2. The van der Waals surface area contributed by atoms with Crippen LogP contribution in [0.15, 0.2) is 67.0 Å². The molecule has 7 nitrogen and oxygen atoms in total. The second-order valence-corrected chi connectivity index (χ2v) is 7.76. The highest BCUT2D eigenvalue weighted by molar-refractivity contribution is 6.36. The molecule has 1 aromatic heterocycles. The lowest BCUT2D eigenvalue weighted by molar-refractivity contribution is -0.115. The van der Waals surface area contributed by atoms with Crippen molar-refractivity contribution in [2.75, 3.05) is 30.4 Å². The van der Waals surface area contributed by atoms with Gasteiger partial charge in [0.1, 0.15) is 11.9 Å². The maximum Gasteiger partial charge on any atom is 0.339 e. The average molecular weight is 452 g/mol. The van der Waals surface area contributed by atoms with Crippen molar-refractivity contribution in [2.45, 2.75) is 12.5 Å². The van der Waals surface area contributed by atoms with Crippen LogP contribution in [0.5, 0.6) is 5.75 Å². The average Bonchev–Trinajstić information content (AvgIpc) is 2.78. The molecular formula is C24H22ClN3O4. The zero-order valence-corrected chi connectivity index (χ0v) is 18.2. The smallest absolute Gasteiger partial charge is 0.339 e. The first-order valence-corrected chi connectivity index (χ1v) is 10.5. The molecule has 0 spiro atoms. The molecule has 2 heterocycles. The molecule has 0 aliphatic carbocycles. The minimum Gasteiger partial charge on any atom is -0.487 e. The van der Waals surface area contributed by atoms with Crippen LogP contribution in [0.3, 0.4) is 0 Å². The third-order valence-corrected chi connectivity index (χ3v) is 5.50. The van der Waals surface area contributed by atoms with E-state index in [2.05, 4.69) is 10.3 Å². The number of carbonyl (C=O) groups is 2. The van der Waals surface area contributed by atoms with Crippen molar-refractivity contribution in [3.8, 4) is 5.75 Å². The van der Waals surface area contributed by atoms with E-state index in [4.69, 9.17) is 21.1 Å². The van der Waals surface area contributed by atoms with E-state index in [1.54, 1.807) is 30.6 Å². The normalized spacial score (nSPS) is 13.2. The molecule has 1 aliphatic rings. The molecule has 2 aromatic carbocycles. The SMILES string of the molecule is COC(=O)c1cccc(N2CC(Oc3ccc(NC(=O)Cc4cccnc4)cc3)C2)c1Cl. The van der Waals surface area contributed by atoms with Crippen LogP contribution in [-0.4, -0.2) is 43.2 Å². The van der Waals surface area contributed by atoms with E-state index in [9.17, 15) is 9.59 Å². The van der Waals surface area contributed by atoms with Crippen molar-refractivity contribution >= 4 is 34.9 Å². The zero-order valence-electron chi connectivity index (χ0n) is 17.5. The van der Waals surface area contributed by atoms with Gasteiger partial charge in [0, 0.05) is 18.1 Å². The summed E-state index contributed by atoms with van der Waals surface area (Å²) in [6.45, 7) is 1.29. The minimum absolute atomic E-state index is 0.00105. The molecule has 0 unspecified atom stereocenters. The van der Waals surface area contributed by atoms with Gasteiger partial charge in [0.25, 0.3) is 0 Å². The Kier molecular flexibility index (Phi) is 6.56. The quantitative estimate of drug-likeness (QED) is 0.547. The standard InChI is InChI=1S/C24H22ClN3O4/c1-31-24(30)20-5-2-6-21(23(20)25)28-14-19(15-28)32-18-9-7-17(8-10-18)27-22(29)12-16-4-3-11-26-13-16/h2-11,13,19H,12,14-15H2,1H3,(H,27,29). The summed E-state index contributed by atoms with van der Waals surface area (Å²) in [6.07, 6.45) is 3.62. The van der Waals surface area contributed by atoms with Crippen molar-refractivity contribution in [3.05, 3.63) is 83.1 Å². The van der Waals surface area contributed by atoms with Gasteiger partial charge in [-0.1, -0.05) is 23.7 Å². The van der Waals surface area contributed by atoms with E-state index < -0.39 is 5.97 Å². The molecule has 0 saturated carbocycles. The van der Waals surface area contributed by atoms with Crippen LogP contribution >= 0.6 is 11.6 Å². The van der Waals surface area contributed by atoms with Gasteiger partial charge in [-0.3, -0.25) is 9.78 Å². The summed E-state index contributed by atoms with van der Waals surface area (Å²) in [7, 11) is 1.33. The Morgan fingerprint density at radius 3 is 2.59 bits per heavy atom. The number of hydrogen-bond donors (Lipinski definition) is 1. The fourth-order valence-electron chi connectivity index (χ4n) is 3.44. The van der Waals surface area contributed by atoms with Crippen LogP contribution in [0, 0.1) is 0 Å². The summed E-state index contributed by atoms with van der Waals surface area (Å²) in [6, 6.07) is 16.2. The molecule has 0 radical (unpaired) electrons. The first-order valence-electron chi connectivity index (χ1n) is 10.1. The molecular weight excluding hydrogens is 430 g/mol. The third kappa shape index (κ3) is 5.00. The summed E-state index contributed by atoms with van der Waals surface area (Å²) >= 11 is 6.39. The molecule has 32 heavy (non-hydrogen) atoms. The molecule has 1 fully saturated rings. The summed E-state index contributed by atoms with van der Waals surface area (Å²) in [5, 5.41) is 3.25. The van der Waals surface area contributed by atoms with Crippen molar-refractivity contribution in [1.29, 1.82) is 0 Å². The molecule has 1 N–H and O–H groups in total. The second-order valence-electron chi connectivity index (χ2n) is 7.39. The zero-order chi connectivity index (χ0) is 22.5. The topological polar surface area (TPSA) is 80.8 Å². The van der Waals surface area contributed by atoms with Gasteiger partial charge in [0.05, 0.1) is 42.9 Å². The van der Waals surface area contributed by atoms with Crippen LogP contribution in [0.1, 0.15) is 15.9 Å². The maximum atomic E-state index is 12.2. The highest BCUT2D eigenvalue weighted by atomic mass is 35.5. The number of methoxy groups -OCH3 is 1. The monoisotopic (exact) mass is 451 g/mol.